The molecule has 0 aliphatic heterocycles. The summed E-state index contributed by atoms with van der Waals surface area (Å²) < 4.78 is 5.76. The number of ether oxygens (including phenoxy) is 1. The Balaban J connectivity index is 1.75. The fourth-order valence-corrected chi connectivity index (χ4v) is 3.38. The molecule has 2 rings (SSSR count). The Kier molecular flexibility index (Phi) is 7.10. The highest BCUT2D eigenvalue weighted by atomic mass is 16.5. The lowest BCUT2D eigenvalue weighted by Crippen LogP contribution is -2.46. The monoisotopic (exact) mass is 332 g/mol. The number of urea groups is 1. The molecule has 2 amide bonds. The third kappa shape index (κ3) is 5.52. The molecule has 134 valence electrons. The molecule has 24 heavy (non-hydrogen) atoms. The molecule has 0 spiro atoms. The fourth-order valence-electron chi connectivity index (χ4n) is 3.38. The van der Waals surface area contributed by atoms with E-state index in [1.165, 1.54) is 18.4 Å². The smallest absolute Gasteiger partial charge is 0.315 e. The maximum Gasteiger partial charge on any atom is 0.315 e. The van der Waals surface area contributed by atoms with Crippen molar-refractivity contribution in [2.24, 2.45) is 11.7 Å². The topological polar surface area (TPSA) is 55.6 Å². The van der Waals surface area contributed by atoms with Crippen LogP contribution in [0.4, 0.5) is 4.79 Å². The average molecular weight is 332 g/mol. The van der Waals surface area contributed by atoms with Gasteiger partial charge in [-0.1, -0.05) is 45.0 Å². The summed E-state index contributed by atoms with van der Waals surface area (Å²) in [5, 5.41) is 0. The summed E-state index contributed by atoms with van der Waals surface area (Å²) in [6.07, 6.45) is 4.47. The Hall–Kier alpha value is -1.55. The van der Waals surface area contributed by atoms with Crippen molar-refractivity contribution in [1.82, 2.24) is 4.90 Å². The van der Waals surface area contributed by atoms with E-state index < -0.39 is 0 Å². The van der Waals surface area contributed by atoms with Crippen LogP contribution in [0.25, 0.3) is 0 Å². The van der Waals surface area contributed by atoms with Gasteiger partial charge in [0.2, 0.25) is 0 Å². The van der Waals surface area contributed by atoms with Crippen LogP contribution in [0.3, 0.4) is 0 Å². The molecule has 0 aromatic heterocycles. The SMILES string of the molecule is CC1CCC(N(CCOCc2ccc(C(C)C)cc2)C(N)=O)CC1. The van der Waals surface area contributed by atoms with Gasteiger partial charge in [-0.25, -0.2) is 4.79 Å². The van der Waals surface area contributed by atoms with Crippen LogP contribution in [0.15, 0.2) is 24.3 Å². The zero-order chi connectivity index (χ0) is 17.5. The summed E-state index contributed by atoms with van der Waals surface area (Å²) in [4.78, 5) is 13.5. The number of primary amides is 1. The van der Waals surface area contributed by atoms with Crippen LogP contribution >= 0.6 is 0 Å². The number of amides is 2. The number of carbonyl (C=O) groups is 1. The van der Waals surface area contributed by atoms with E-state index in [9.17, 15) is 4.79 Å². The van der Waals surface area contributed by atoms with E-state index in [0.29, 0.717) is 25.7 Å². The van der Waals surface area contributed by atoms with Gasteiger partial charge in [0.1, 0.15) is 0 Å². The largest absolute Gasteiger partial charge is 0.375 e. The first-order chi connectivity index (χ1) is 11.5. The molecule has 0 unspecified atom stereocenters. The minimum Gasteiger partial charge on any atom is -0.375 e. The summed E-state index contributed by atoms with van der Waals surface area (Å²) in [5.74, 6) is 1.31. The molecule has 4 heteroatoms. The quantitative estimate of drug-likeness (QED) is 0.757. The van der Waals surface area contributed by atoms with E-state index in [1.807, 2.05) is 0 Å². The molecule has 4 nitrogen and oxygen atoms in total. The molecule has 0 saturated heterocycles. The van der Waals surface area contributed by atoms with E-state index in [0.717, 1.165) is 24.3 Å². The lowest BCUT2D eigenvalue weighted by atomic mass is 9.86. The van der Waals surface area contributed by atoms with Crippen LogP contribution in [0.5, 0.6) is 0 Å². The van der Waals surface area contributed by atoms with Gasteiger partial charge in [-0.2, -0.15) is 0 Å². The first-order valence-electron chi connectivity index (χ1n) is 9.20. The van der Waals surface area contributed by atoms with Gasteiger partial charge < -0.3 is 15.4 Å². The standard InChI is InChI=1S/C20H32N2O2/c1-15(2)18-8-6-17(7-9-18)14-24-13-12-22(20(21)23)19-10-4-16(3)5-11-19/h6-9,15-16,19H,4-5,10-14H2,1-3H3,(H2,21,23). The highest BCUT2D eigenvalue weighted by molar-refractivity contribution is 5.72. The highest BCUT2D eigenvalue weighted by Gasteiger charge is 2.25. The van der Waals surface area contributed by atoms with Gasteiger partial charge in [-0.15, -0.1) is 0 Å². The van der Waals surface area contributed by atoms with Crippen LogP contribution in [0, 0.1) is 5.92 Å². The van der Waals surface area contributed by atoms with E-state index in [2.05, 4.69) is 45.0 Å². The van der Waals surface area contributed by atoms with Crippen molar-refractivity contribution in [2.45, 2.75) is 65.0 Å². The lowest BCUT2D eigenvalue weighted by Gasteiger charge is -2.35. The average Bonchev–Trinajstić information content (AvgIpc) is 2.56. The highest BCUT2D eigenvalue weighted by Crippen LogP contribution is 2.27. The van der Waals surface area contributed by atoms with E-state index in [-0.39, 0.29) is 12.1 Å². The van der Waals surface area contributed by atoms with Gasteiger partial charge in [0.15, 0.2) is 0 Å². The second-order valence-corrected chi connectivity index (χ2v) is 7.39. The number of hydrogen-bond acceptors (Lipinski definition) is 2. The van der Waals surface area contributed by atoms with Gasteiger partial charge in [-0.3, -0.25) is 0 Å². The van der Waals surface area contributed by atoms with Crippen LogP contribution in [0.2, 0.25) is 0 Å². The van der Waals surface area contributed by atoms with Gasteiger partial charge in [-0.05, 0) is 48.6 Å². The number of carbonyl (C=O) groups excluding carboxylic acids is 1. The second-order valence-electron chi connectivity index (χ2n) is 7.39. The summed E-state index contributed by atoms with van der Waals surface area (Å²) in [7, 11) is 0. The van der Waals surface area contributed by atoms with Gasteiger partial charge in [0, 0.05) is 12.6 Å². The van der Waals surface area contributed by atoms with Crippen LogP contribution in [-0.2, 0) is 11.3 Å². The Morgan fingerprint density at radius 2 is 1.83 bits per heavy atom. The van der Waals surface area contributed by atoms with E-state index >= 15 is 0 Å². The van der Waals surface area contributed by atoms with Crippen LogP contribution in [0.1, 0.15) is 63.5 Å². The molecule has 0 heterocycles. The number of nitrogens with two attached hydrogens (primary N) is 1. The van der Waals surface area contributed by atoms with Crippen LogP contribution < -0.4 is 5.73 Å². The molecule has 0 radical (unpaired) electrons. The Labute approximate surface area is 146 Å². The Morgan fingerprint density at radius 1 is 1.21 bits per heavy atom. The lowest BCUT2D eigenvalue weighted by molar-refractivity contribution is 0.0801. The van der Waals surface area contributed by atoms with Crippen molar-refractivity contribution in [3.63, 3.8) is 0 Å². The number of rotatable bonds is 7. The second kappa shape index (κ2) is 9.07. The maximum absolute atomic E-state index is 11.7. The van der Waals surface area contributed by atoms with Crippen LogP contribution in [-0.4, -0.2) is 30.1 Å². The summed E-state index contributed by atoms with van der Waals surface area (Å²) >= 11 is 0. The van der Waals surface area contributed by atoms with Gasteiger partial charge in [0.25, 0.3) is 0 Å². The Morgan fingerprint density at radius 3 is 2.38 bits per heavy atom. The van der Waals surface area contributed by atoms with Crippen molar-refractivity contribution in [3.8, 4) is 0 Å². The molecule has 1 saturated carbocycles. The molecule has 1 aliphatic rings. The molecular weight excluding hydrogens is 300 g/mol. The third-order valence-corrected chi connectivity index (χ3v) is 5.10. The van der Waals surface area contributed by atoms with Gasteiger partial charge in [0.05, 0.1) is 13.2 Å². The van der Waals surface area contributed by atoms with Gasteiger partial charge >= 0.3 is 6.03 Å². The van der Waals surface area contributed by atoms with Crippen molar-refractivity contribution in [3.05, 3.63) is 35.4 Å². The predicted molar refractivity (Wildman–Crippen MR) is 97.9 cm³/mol. The first-order valence-corrected chi connectivity index (χ1v) is 9.20. The summed E-state index contributed by atoms with van der Waals surface area (Å²) in [6.45, 7) is 8.34. The normalized spacial score (nSPS) is 21.0. The predicted octanol–water partition coefficient (Wildman–Crippen LogP) is 4.29. The molecule has 1 aromatic carbocycles. The molecular formula is C20H32N2O2. The molecule has 0 bridgehead atoms. The molecule has 1 fully saturated rings. The number of hydrogen-bond donors (Lipinski definition) is 1. The zero-order valence-electron chi connectivity index (χ0n) is 15.3. The number of benzene rings is 1. The van der Waals surface area contributed by atoms with Crippen molar-refractivity contribution in [2.75, 3.05) is 13.2 Å². The number of nitrogens with zero attached hydrogens (tertiary/aromatic N) is 1. The first kappa shape index (κ1) is 18.8. The third-order valence-electron chi connectivity index (χ3n) is 5.10. The molecule has 0 atom stereocenters. The molecule has 1 aliphatic carbocycles. The molecule has 2 N–H and O–H groups in total. The zero-order valence-corrected chi connectivity index (χ0v) is 15.3. The minimum atomic E-state index is -0.320. The Bertz CT molecular complexity index is 505. The maximum atomic E-state index is 11.7. The van der Waals surface area contributed by atoms with E-state index in [4.69, 9.17) is 10.5 Å². The van der Waals surface area contributed by atoms with Crippen molar-refractivity contribution < 1.29 is 9.53 Å². The van der Waals surface area contributed by atoms with Crippen molar-refractivity contribution >= 4 is 6.03 Å². The fraction of sp³-hybridized carbons (Fsp3) is 0.650. The minimum absolute atomic E-state index is 0.285. The van der Waals surface area contributed by atoms with Crippen molar-refractivity contribution in [1.29, 1.82) is 0 Å². The summed E-state index contributed by atoms with van der Waals surface area (Å²) in [6, 6.07) is 8.50. The summed E-state index contributed by atoms with van der Waals surface area (Å²) in [5.41, 5.74) is 8.07. The van der Waals surface area contributed by atoms with E-state index in [1.54, 1.807) is 4.90 Å². The molecule has 1 aromatic rings.